The number of hydrogen-bond acceptors (Lipinski definition) is 3. The van der Waals surface area contributed by atoms with E-state index in [0.29, 0.717) is 6.61 Å². The van der Waals surface area contributed by atoms with E-state index in [1.165, 1.54) is 17.6 Å². The Bertz CT molecular complexity index is 401. The lowest BCUT2D eigenvalue weighted by molar-refractivity contribution is -0.156. The second kappa shape index (κ2) is 10.8. The van der Waals surface area contributed by atoms with Crippen LogP contribution >= 0.6 is 0 Å². The summed E-state index contributed by atoms with van der Waals surface area (Å²) in [6.45, 7) is 11.2. The monoisotopic (exact) mass is 322 g/mol. The van der Waals surface area contributed by atoms with Crippen molar-refractivity contribution in [3.05, 3.63) is 36.0 Å². The predicted molar refractivity (Wildman–Crippen MR) is 96.3 cm³/mol. The van der Waals surface area contributed by atoms with Crippen molar-refractivity contribution in [3.8, 4) is 0 Å². The molecule has 1 saturated heterocycles. The van der Waals surface area contributed by atoms with Crippen LogP contribution in [0, 0.1) is 0 Å². The Labute approximate surface area is 142 Å². The molecule has 0 radical (unpaired) electrons. The standard InChI is InChI=1S/C20H34O3/c1-5-20(4,21)14-9-12-17(2)10-8-11-18(3)16-23-19-13-6-7-15-22-19/h5,11-12,19,21H,1,6-10,13-16H2,2-4H3. The highest BCUT2D eigenvalue weighted by molar-refractivity contribution is 5.05. The minimum Gasteiger partial charge on any atom is -0.386 e. The first-order valence-electron chi connectivity index (χ1n) is 8.83. The van der Waals surface area contributed by atoms with Crippen LogP contribution in [0.1, 0.15) is 65.7 Å². The smallest absolute Gasteiger partial charge is 0.158 e. The zero-order valence-electron chi connectivity index (χ0n) is 15.1. The largest absolute Gasteiger partial charge is 0.386 e. The molecule has 2 atom stereocenters. The summed E-state index contributed by atoms with van der Waals surface area (Å²) in [5.74, 6) is 0. The maximum atomic E-state index is 9.87. The molecule has 23 heavy (non-hydrogen) atoms. The van der Waals surface area contributed by atoms with Gasteiger partial charge < -0.3 is 14.6 Å². The third kappa shape index (κ3) is 9.75. The molecule has 1 heterocycles. The highest BCUT2D eigenvalue weighted by atomic mass is 16.7. The number of hydrogen-bond donors (Lipinski definition) is 1. The molecular formula is C20H34O3. The van der Waals surface area contributed by atoms with Crippen LogP contribution < -0.4 is 0 Å². The molecule has 0 aromatic rings. The van der Waals surface area contributed by atoms with Gasteiger partial charge in [-0.3, -0.25) is 0 Å². The Morgan fingerprint density at radius 2 is 2.00 bits per heavy atom. The maximum absolute atomic E-state index is 9.87. The molecule has 0 amide bonds. The number of rotatable bonds is 10. The lowest BCUT2D eigenvalue weighted by atomic mass is 9.99. The van der Waals surface area contributed by atoms with Gasteiger partial charge in [-0.15, -0.1) is 6.58 Å². The van der Waals surface area contributed by atoms with Crippen LogP contribution in [0.3, 0.4) is 0 Å². The summed E-state index contributed by atoms with van der Waals surface area (Å²) >= 11 is 0. The lowest BCUT2D eigenvalue weighted by Gasteiger charge is -2.22. The van der Waals surface area contributed by atoms with Crippen molar-refractivity contribution in [2.24, 2.45) is 0 Å². The van der Waals surface area contributed by atoms with Crippen LogP contribution in [0.5, 0.6) is 0 Å². The van der Waals surface area contributed by atoms with E-state index in [0.717, 1.165) is 45.1 Å². The van der Waals surface area contributed by atoms with Crippen molar-refractivity contribution in [1.29, 1.82) is 0 Å². The fourth-order valence-corrected chi connectivity index (χ4v) is 2.49. The van der Waals surface area contributed by atoms with Gasteiger partial charge in [-0.1, -0.05) is 29.4 Å². The molecule has 1 rings (SSSR count). The Morgan fingerprint density at radius 1 is 1.26 bits per heavy atom. The number of ether oxygens (including phenoxy) is 2. The molecule has 3 nitrogen and oxygen atoms in total. The van der Waals surface area contributed by atoms with Crippen molar-refractivity contribution in [2.75, 3.05) is 13.2 Å². The third-order valence-electron chi connectivity index (χ3n) is 4.25. The fraction of sp³-hybridized carbons (Fsp3) is 0.700. The van der Waals surface area contributed by atoms with E-state index in [9.17, 15) is 5.11 Å². The van der Waals surface area contributed by atoms with Gasteiger partial charge >= 0.3 is 0 Å². The molecule has 132 valence electrons. The van der Waals surface area contributed by atoms with E-state index >= 15 is 0 Å². The van der Waals surface area contributed by atoms with Crippen molar-refractivity contribution in [3.63, 3.8) is 0 Å². The van der Waals surface area contributed by atoms with Crippen LogP contribution in [0.4, 0.5) is 0 Å². The van der Waals surface area contributed by atoms with E-state index in [1.807, 2.05) is 0 Å². The van der Waals surface area contributed by atoms with Gasteiger partial charge in [0.25, 0.3) is 0 Å². The number of aliphatic hydroxyl groups is 1. The van der Waals surface area contributed by atoms with E-state index < -0.39 is 5.60 Å². The molecule has 0 bridgehead atoms. The summed E-state index contributed by atoms with van der Waals surface area (Å²) in [6, 6.07) is 0. The highest BCUT2D eigenvalue weighted by Crippen LogP contribution is 2.17. The quantitative estimate of drug-likeness (QED) is 0.580. The van der Waals surface area contributed by atoms with Crippen molar-refractivity contribution < 1.29 is 14.6 Å². The second-order valence-corrected chi connectivity index (χ2v) is 6.85. The molecule has 0 saturated carbocycles. The topological polar surface area (TPSA) is 38.7 Å². The second-order valence-electron chi connectivity index (χ2n) is 6.85. The van der Waals surface area contributed by atoms with Gasteiger partial charge in [-0.05, 0) is 65.7 Å². The van der Waals surface area contributed by atoms with E-state index in [-0.39, 0.29) is 6.29 Å². The zero-order valence-corrected chi connectivity index (χ0v) is 15.1. The van der Waals surface area contributed by atoms with E-state index in [4.69, 9.17) is 9.47 Å². The van der Waals surface area contributed by atoms with Gasteiger partial charge in [-0.2, -0.15) is 0 Å². The number of allylic oxidation sites excluding steroid dienone is 3. The third-order valence-corrected chi connectivity index (χ3v) is 4.25. The molecule has 0 aromatic heterocycles. The first-order valence-corrected chi connectivity index (χ1v) is 8.83. The Morgan fingerprint density at radius 3 is 2.65 bits per heavy atom. The summed E-state index contributed by atoms with van der Waals surface area (Å²) in [6.07, 6.45) is 13.1. The van der Waals surface area contributed by atoms with Crippen molar-refractivity contribution in [2.45, 2.75) is 77.6 Å². The van der Waals surface area contributed by atoms with E-state index in [1.54, 1.807) is 13.0 Å². The molecule has 0 spiro atoms. The SMILES string of the molecule is C=CC(C)(O)CCC=C(C)CCC=C(C)COC1CCCCO1. The van der Waals surface area contributed by atoms with Crippen LogP contribution in [0.15, 0.2) is 36.0 Å². The molecule has 0 aliphatic carbocycles. The van der Waals surface area contributed by atoms with Gasteiger partial charge in [0.15, 0.2) is 6.29 Å². The molecule has 1 N–H and O–H groups in total. The first-order chi connectivity index (χ1) is 10.9. The fourth-order valence-electron chi connectivity index (χ4n) is 2.49. The zero-order chi connectivity index (χ0) is 17.1. The molecule has 1 aliphatic rings. The van der Waals surface area contributed by atoms with Gasteiger partial charge in [0, 0.05) is 6.61 Å². The molecular weight excluding hydrogens is 288 g/mol. The minimum atomic E-state index is -0.758. The van der Waals surface area contributed by atoms with Crippen molar-refractivity contribution in [1.82, 2.24) is 0 Å². The first kappa shape index (κ1) is 20.1. The average molecular weight is 322 g/mol. The van der Waals surface area contributed by atoms with Crippen LogP contribution in [0.25, 0.3) is 0 Å². The maximum Gasteiger partial charge on any atom is 0.158 e. The molecule has 1 aliphatic heterocycles. The minimum absolute atomic E-state index is 0.00798. The molecule has 2 unspecified atom stereocenters. The Balaban J connectivity index is 2.18. The summed E-state index contributed by atoms with van der Waals surface area (Å²) in [7, 11) is 0. The van der Waals surface area contributed by atoms with Gasteiger partial charge in [0.05, 0.1) is 12.2 Å². The summed E-state index contributed by atoms with van der Waals surface area (Å²) in [4.78, 5) is 0. The predicted octanol–water partition coefficient (Wildman–Crippen LogP) is 4.92. The molecule has 1 fully saturated rings. The van der Waals surface area contributed by atoms with Crippen molar-refractivity contribution >= 4 is 0 Å². The summed E-state index contributed by atoms with van der Waals surface area (Å²) < 4.78 is 11.3. The lowest BCUT2D eigenvalue weighted by Crippen LogP contribution is -2.22. The highest BCUT2D eigenvalue weighted by Gasteiger charge is 2.14. The summed E-state index contributed by atoms with van der Waals surface area (Å²) in [5, 5.41) is 9.87. The van der Waals surface area contributed by atoms with Crippen LogP contribution in [-0.4, -0.2) is 30.2 Å². The molecule has 3 heteroatoms. The summed E-state index contributed by atoms with van der Waals surface area (Å²) in [5.41, 5.74) is 1.87. The van der Waals surface area contributed by atoms with Crippen LogP contribution in [-0.2, 0) is 9.47 Å². The average Bonchev–Trinajstić information content (AvgIpc) is 2.54. The van der Waals surface area contributed by atoms with E-state index in [2.05, 4.69) is 32.6 Å². The van der Waals surface area contributed by atoms with Gasteiger partial charge in [0.1, 0.15) is 0 Å². The Hall–Kier alpha value is -0.900. The Kier molecular flexibility index (Phi) is 9.46. The normalized spacial score (nSPS) is 22.7. The van der Waals surface area contributed by atoms with Gasteiger partial charge in [0.2, 0.25) is 0 Å². The van der Waals surface area contributed by atoms with Crippen LogP contribution in [0.2, 0.25) is 0 Å². The van der Waals surface area contributed by atoms with Gasteiger partial charge in [-0.25, -0.2) is 0 Å². The molecule has 0 aromatic carbocycles.